The molecule has 0 bridgehead atoms. The van der Waals surface area contributed by atoms with Crippen LogP contribution in [-0.4, -0.2) is 99.5 Å². The van der Waals surface area contributed by atoms with E-state index >= 15 is 0 Å². The average Bonchev–Trinajstić information content (AvgIpc) is 2.70. The number of aliphatic hydroxyl groups is 2. The molecule has 4 unspecified atom stereocenters. The Morgan fingerprint density at radius 1 is 0.833 bits per heavy atom. The fourth-order valence-electron chi connectivity index (χ4n) is 2.13. The summed E-state index contributed by atoms with van der Waals surface area (Å²) in [6.07, 6.45) is 1.01. The molecule has 0 aliphatic rings. The van der Waals surface area contributed by atoms with Gasteiger partial charge in [0.1, 0.15) is 24.2 Å². The molecule has 0 heterocycles. The molecule has 0 aliphatic heterocycles. The fourth-order valence-corrected chi connectivity index (χ4v) is 2.60. The van der Waals surface area contributed by atoms with Crippen LogP contribution < -0.4 is 21.7 Å². The standard InChI is InChI=1S/C16H28N4O9S/c1-30-5-4-9(14(26)19-10(16(28)29)2-3-12(23)24)18-15(27)11(7-22)20-13(25)8(17)6-21/h8-11,21-22H,2-7,17H2,1H3,(H,18,27)(H,19,26)(H,20,25)(H,23,24)(H,28,29). The zero-order valence-electron chi connectivity index (χ0n) is 16.4. The molecular formula is C16H28N4O9S. The van der Waals surface area contributed by atoms with Gasteiger partial charge in [-0.1, -0.05) is 0 Å². The maximum absolute atomic E-state index is 12.5. The molecular weight excluding hydrogens is 424 g/mol. The number of amides is 3. The van der Waals surface area contributed by atoms with Crippen LogP contribution in [0, 0.1) is 0 Å². The second-order valence-electron chi connectivity index (χ2n) is 6.21. The van der Waals surface area contributed by atoms with E-state index in [9.17, 15) is 29.1 Å². The molecule has 0 aromatic rings. The molecule has 0 saturated carbocycles. The van der Waals surface area contributed by atoms with Gasteiger partial charge in [0, 0.05) is 6.42 Å². The summed E-state index contributed by atoms with van der Waals surface area (Å²) in [7, 11) is 0. The van der Waals surface area contributed by atoms with Gasteiger partial charge in [-0.05, 0) is 24.9 Å². The van der Waals surface area contributed by atoms with Crippen molar-refractivity contribution in [3.8, 4) is 0 Å². The van der Waals surface area contributed by atoms with E-state index in [4.69, 9.17) is 21.1 Å². The predicted molar refractivity (Wildman–Crippen MR) is 105 cm³/mol. The predicted octanol–water partition coefficient (Wildman–Crippen LogP) is -3.54. The van der Waals surface area contributed by atoms with Gasteiger partial charge < -0.3 is 42.1 Å². The van der Waals surface area contributed by atoms with Crippen LogP contribution in [0.25, 0.3) is 0 Å². The Hall–Kier alpha value is -2.42. The van der Waals surface area contributed by atoms with Crippen LogP contribution in [0.2, 0.25) is 0 Å². The topological polar surface area (TPSA) is 228 Å². The largest absolute Gasteiger partial charge is 0.481 e. The summed E-state index contributed by atoms with van der Waals surface area (Å²) in [5.41, 5.74) is 5.33. The summed E-state index contributed by atoms with van der Waals surface area (Å²) in [5.74, 6) is -4.92. The monoisotopic (exact) mass is 452 g/mol. The van der Waals surface area contributed by atoms with Crippen molar-refractivity contribution in [2.24, 2.45) is 5.73 Å². The molecule has 9 N–H and O–H groups in total. The Morgan fingerprint density at radius 2 is 1.37 bits per heavy atom. The Morgan fingerprint density at radius 3 is 1.83 bits per heavy atom. The maximum atomic E-state index is 12.5. The van der Waals surface area contributed by atoms with Crippen molar-refractivity contribution in [2.75, 3.05) is 25.2 Å². The molecule has 0 aliphatic carbocycles. The highest BCUT2D eigenvalue weighted by Gasteiger charge is 2.30. The van der Waals surface area contributed by atoms with Gasteiger partial charge in [0.05, 0.1) is 13.2 Å². The van der Waals surface area contributed by atoms with Gasteiger partial charge in [-0.25, -0.2) is 4.79 Å². The number of carbonyl (C=O) groups is 5. The summed E-state index contributed by atoms with van der Waals surface area (Å²) in [6.45, 7) is -1.50. The van der Waals surface area contributed by atoms with Gasteiger partial charge in [0.15, 0.2) is 0 Å². The summed E-state index contributed by atoms with van der Waals surface area (Å²) < 4.78 is 0. The van der Waals surface area contributed by atoms with E-state index in [1.54, 1.807) is 6.26 Å². The minimum atomic E-state index is -1.47. The zero-order valence-corrected chi connectivity index (χ0v) is 17.2. The molecule has 14 heteroatoms. The van der Waals surface area contributed by atoms with E-state index < -0.39 is 73.5 Å². The first-order valence-electron chi connectivity index (χ1n) is 8.89. The van der Waals surface area contributed by atoms with Crippen molar-refractivity contribution in [1.82, 2.24) is 16.0 Å². The summed E-state index contributed by atoms with van der Waals surface area (Å²) in [4.78, 5) is 58.5. The van der Waals surface area contributed by atoms with Crippen molar-refractivity contribution in [3.63, 3.8) is 0 Å². The van der Waals surface area contributed by atoms with Crippen LogP contribution in [0.5, 0.6) is 0 Å². The molecule has 0 aromatic heterocycles. The Balaban J connectivity index is 5.20. The molecule has 13 nitrogen and oxygen atoms in total. The number of nitrogens with two attached hydrogens (primary N) is 1. The average molecular weight is 452 g/mol. The number of carboxylic acids is 2. The van der Waals surface area contributed by atoms with E-state index in [-0.39, 0.29) is 12.8 Å². The Bertz CT molecular complexity index is 620. The number of carbonyl (C=O) groups excluding carboxylic acids is 3. The summed E-state index contributed by atoms with van der Waals surface area (Å²) in [6, 6.07) is -5.44. The van der Waals surface area contributed by atoms with E-state index in [2.05, 4.69) is 16.0 Å². The molecule has 172 valence electrons. The van der Waals surface area contributed by atoms with Gasteiger partial charge >= 0.3 is 11.9 Å². The van der Waals surface area contributed by atoms with Crippen molar-refractivity contribution < 1.29 is 44.4 Å². The molecule has 4 atom stereocenters. The van der Waals surface area contributed by atoms with E-state index in [1.165, 1.54) is 11.8 Å². The molecule has 0 saturated heterocycles. The lowest BCUT2D eigenvalue weighted by atomic mass is 10.1. The molecule has 3 amide bonds. The first kappa shape index (κ1) is 27.6. The number of hydrogen-bond acceptors (Lipinski definition) is 9. The lowest BCUT2D eigenvalue weighted by Crippen LogP contribution is -2.58. The molecule has 0 radical (unpaired) electrons. The maximum Gasteiger partial charge on any atom is 0.326 e. The summed E-state index contributed by atoms with van der Waals surface area (Å²) >= 11 is 1.36. The number of thioether (sulfide) groups is 1. The highest BCUT2D eigenvalue weighted by atomic mass is 32.2. The number of aliphatic hydroxyl groups excluding tert-OH is 2. The second kappa shape index (κ2) is 14.5. The highest BCUT2D eigenvalue weighted by molar-refractivity contribution is 7.98. The van der Waals surface area contributed by atoms with Crippen molar-refractivity contribution in [3.05, 3.63) is 0 Å². The smallest absolute Gasteiger partial charge is 0.326 e. The van der Waals surface area contributed by atoms with Gasteiger partial charge in [0.2, 0.25) is 17.7 Å². The van der Waals surface area contributed by atoms with Gasteiger partial charge in [-0.3, -0.25) is 19.2 Å². The van der Waals surface area contributed by atoms with Gasteiger partial charge in [-0.2, -0.15) is 11.8 Å². The third-order valence-corrected chi connectivity index (χ3v) is 4.50. The van der Waals surface area contributed by atoms with E-state index in [0.29, 0.717) is 5.75 Å². The van der Waals surface area contributed by atoms with E-state index in [1.807, 2.05) is 0 Å². The number of aliphatic carboxylic acids is 2. The quantitative estimate of drug-likeness (QED) is 0.121. The number of carboxylic acid groups (broad SMARTS) is 2. The second-order valence-corrected chi connectivity index (χ2v) is 7.19. The third kappa shape index (κ3) is 10.4. The van der Waals surface area contributed by atoms with Crippen LogP contribution in [0.4, 0.5) is 0 Å². The third-order valence-electron chi connectivity index (χ3n) is 3.85. The molecule has 0 aromatic carbocycles. The van der Waals surface area contributed by atoms with Crippen LogP contribution in [0.15, 0.2) is 0 Å². The molecule has 0 fully saturated rings. The van der Waals surface area contributed by atoms with E-state index in [0.717, 1.165) is 0 Å². The van der Waals surface area contributed by atoms with Crippen LogP contribution >= 0.6 is 11.8 Å². The molecule has 30 heavy (non-hydrogen) atoms. The number of hydrogen-bond donors (Lipinski definition) is 8. The molecule has 0 spiro atoms. The first-order chi connectivity index (χ1) is 14.1. The lowest BCUT2D eigenvalue weighted by molar-refractivity contribution is -0.143. The fraction of sp³-hybridized carbons (Fsp3) is 0.688. The minimum absolute atomic E-state index is 0.103. The number of nitrogens with one attached hydrogen (secondary N) is 3. The van der Waals surface area contributed by atoms with Crippen molar-refractivity contribution in [2.45, 2.75) is 43.4 Å². The molecule has 0 rings (SSSR count). The number of rotatable bonds is 15. The van der Waals surface area contributed by atoms with Crippen molar-refractivity contribution >= 4 is 41.4 Å². The van der Waals surface area contributed by atoms with Crippen LogP contribution in [0.1, 0.15) is 19.3 Å². The lowest BCUT2D eigenvalue weighted by Gasteiger charge is -2.24. The first-order valence-corrected chi connectivity index (χ1v) is 10.3. The minimum Gasteiger partial charge on any atom is -0.481 e. The highest BCUT2D eigenvalue weighted by Crippen LogP contribution is 2.05. The van der Waals surface area contributed by atoms with Crippen LogP contribution in [0.3, 0.4) is 0 Å². The van der Waals surface area contributed by atoms with Gasteiger partial charge in [0.25, 0.3) is 0 Å². The normalized spacial score (nSPS) is 14.7. The Labute approximate surface area is 176 Å². The Kier molecular flexibility index (Phi) is 13.4. The van der Waals surface area contributed by atoms with Crippen molar-refractivity contribution in [1.29, 1.82) is 0 Å². The zero-order chi connectivity index (χ0) is 23.3. The van der Waals surface area contributed by atoms with Crippen LogP contribution in [-0.2, 0) is 24.0 Å². The SMILES string of the molecule is CSCCC(NC(=O)C(CO)NC(=O)C(N)CO)C(=O)NC(CCC(=O)O)C(=O)O. The summed E-state index contributed by atoms with van der Waals surface area (Å²) in [5, 5.41) is 42.7. The van der Waals surface area contributed by atoms with Gasteiger partial charge in [-0.15, -0.1) is 0 Å².